The van der Waals surface area contributed by atoms with Gasteiger partial charge in [0.1, 0.15) is 0 Å². The molecule has 0 unspecified atom stereocenters. The average Bonchev–Trinajstić information content (AvgIpc) is 3.08. The molecule has 0 bridgehead atoms. The van der Waals surface area contributed by atoms with E-state index in [9.17, 15) is 0 Å². The summed E-state index contributed by atoms with van der Waals surface area (Å²) in [7, 11) is -0.424. The van der Waals surface area contributed by atoms with Crippen LogP contribution in [0.5, 0.6) is 0 Å². The summed E-state index contributed by atoms with van der Waals surface area (Å²) >= 11 is -1.03. The Balaban J connectivity index is 0.000000163. The van der Waals surface area contributed by atoms with Crippen molar-refractivity contribution >= 4 is 84.6 Å². The monoisotopic (exact) mass is 818 g/mol. The SMILES string of the molecule is C[Si](C)c1ccccc1.C[Si](C)c1ccccc1.c1cc[c]([Sn][c]2ccccc2)cc1.c1cc[c]([Sn][c]2ccccc2)cc1. The molecule has 0 aliphatic rings. The minimum atomic E-state index is -0.517. The van der Waals surface area contributed by atoms with Crippen LogP contribution in [-0.4, -0.2) is 59.9 Å². The third kappa shape index (κ3) is 15.4. The molecule has 0 spiro atoms. The first kappa shape index (κ1) is 35.8. The summed E-state index contributed by atoms with van der Waals surface area (Å²) in [6.07, 6.45) is 0. The topological polar surface area (TPSA) is 0 Å². The molecule has 0 amide bonds. The molecule has 6 radical (unpaired) electrons. The van der Waals surface area contributed by atoms with Crippen LogP contribution in [0.1, 0.15) is 0 Å². The molecule has 0 atom stereocenters. The number of benzene rings is 6. The van der Waals surface area contributed by atoms with Crippen LogP contribution in [0.15, 0.2) is 182 Å². The van der Waals surface area contributed by atoms with E-state index in [1.54, 1.807) is 0 Å². The molecular formula is C40H42Si2Sn2. The van der Waals surface area contributed by atoms with E-state index in [0.29, 0.717) is 0 Å². The van der Waals surface area contributed by atoms with Crippen molar-refractivity contribution in [1.29, 1.82) is 0 Å². The summed E-state index contributed by atoms with van der Waals surface area (Å²) in [6.45, 7) is 9.22. The Morgan fingerprint density at radius 3 is 0.614 bits per heavy atom. The summed E-state index contributed by atoms with van der Waals surface area (Å²) in [5.41, 5.74) is 0. The Morgan fingerprint density at radius 1 is 0.273 bits per heavy atom. The third-order valence-corrected chi connectivity index (χ3v) is 16.5. The second kappa shape index (κ2) is 22.0. The fraction of sp³-hybridized carbons (Fsp3) is 0.100. The predicted octanol–water partition coefficient (Wildman–Crippen LogP) is 5.98. The fourth-order valence-electron chi connectivity index (χ4n) is 3.96. The molecule has 0 fully saturated rings. The van der Waals surface area contributed by atoms with E-state index < -0.39 is 42.3 Å². The first-order valence-corrected chi connectivity index (χ1v) is 25.7. The van der Waals surface area contributed by atoms with E-state index in [0.717, 1.165) is 0 Å². The van der Waals surface area contributed by atoms with E-state index in [2.05, 4.69) is 208 Å². The van der Waals surface area contributed by atoms with Crippen molar-refractivity contribution in [1.82, 2.24) is 0 Å². The van der Waals surface area contributed by atoms with Gasteiger partial charge in [0.05, 0.1) is 17.6 Å². The van der Waals surface area contributed by atoms with Gasteiger partial charge in [-0.1, -0.05) is 97.2 Å². The first-order valence-electron chi connectivity index (χ1n) is 15.0. The molecule has 0 aromatic heterocycles. The minimum absolute atomic E-state index is 0.212. The zero-order valence-electron chi connectivity index (χ0n) is 26.3. The van der Waals surface area contributed by atoms with Gasteiger partial charge in [0.2, 0.25) is 0 Å². The Bertz CT molecular complexity index is 1320. The van der Waals surface area contributed by atoms with Gasteiger partial charge in [-0.2, -0.15) is 0 Å². The van der Waals surface area contributed by atoms with Crippen molar-refractivity contribution in [3.05, 3.63) is 182 Å². The van der Waals surface area contributed by atoms with Gasteiger partial charge in [-0.25, -0.2) is 0 Å². The Hall–Kier alpha value is -2.65. The molecule has 6 aromatic rings. The number of rotatable bonds is 6. The third-order valence-electron chi connectivity index (χ3n) is 6.37. The maximum absolute atomic E-state index is 2.31. The Labute approximate surface area is 290 Å². The maximum atomic E-state index is 2.31. The van der Waals surface area contributed by atoms with Crippen molar-refractivity contribution in [2.45, 2.75) is 26.2 Å². The summed E-state index contributed by atoms with van der Waals surface area (Å²) in [4.78, 5) is 0. The normalized spacial score (nSPS) is 9.95. The van der Waals surface area contributed by atoms with Crippen LogP contribution >= 0.6 is 0 Å². The number of hydrogen-bond donors (Lipinski definition) is 0. The van der Waals surface area contributed by atoms with Crippen molar-refractivity contribution in [3.8, 4) is 0 Å². The van der Waals surface area contributed by atoms with E-state index in [1.165, 1.54) is 24.7 Å². The quantitative estimate of drug-likeness (QED) is 0.182. The second-order valence-electron chi connectivity index (χ2n) is 10.4. The molecule has 0 heterocycles. The average molecular weight is 816 g/mol. The molecule has 4 heteroatoms. The molecular weight excluding hydrogens is 774 g/mol. The Morgan fingerprint density at radius 2 is 0.455 bits per heavy atom. The van der Waals surface area contributed by atoms with E-state index in [-0.39, 0.29) is 17.6 Å². The summed E-state index contributed by atoms with van der Waals surface area (Å²) < 4.78 is 6.16. The molecule has 0 aliphatic carbocycles. The van der Waals surface area contributed by atoms with Gasteiger partial charge < -0.3 is 0 Å². The molecule has 0 saturated carbocycles. The van der Waals surface area contributed by atoms with Gasteiger partial charge in [0.25, 0.3) is 0 Å². The van der Waals surface area contributed by atoms with E-state index in [1.807, 2.05) is 0 Å². The first-order chi connectivity index (χ1) is 21.5. The summed E-state index contributed by atoms with van der Waals surface area (Å²) in [5.74, 6) is 0. The van der Waals surface area contributed by atoms with Crippen LogP contribution in [0.25, 0.3) is 0 Å². The van der Waals surface area contributed by atoms with Crippen LogP contribution < -0.4 is 24.7 Å². The molecule has 6 rings (SSSR count). The van der Waals surface area contributed by atoms with Crippen LogP contribution in [0, 0.1) is 0 Å². The molecule has 218 valence electrons. The van der Waals surface area contributed by atoms with Crippen LogP contribution in [-0.2, 0) is 0 Å². The Kier molecular flexibility index (Phi) is 17.9. The van der Waals surface area contributed by atoms with Gasteiger partial charge in [-0.3, -0.25) is 0 Å². The van der Waals surface area contributed by atoms with Crippen LogP contribution in [0.2, 0.25) is 26.2 Å². The van der Waals surface area contributed by atoms with Crippen LogP contribution in [0.3, 0.4) is 0 Å². The molecule has 0 aliphatic heterocycles. The zero-order chi connectivity index (χ0) is 31.2. The number of hydrogen-bond acceptors (Lipinski definition) is 0. The van der Waals surface area contributed by atoms with Gasteiger partial charge in [0, 0.05) is 0 Å². The molecule has 44 heavy (non-hydrogen) atoms. The summed E-state index contributed by atoms with van der Waals surface area (Å²) in [5, 5.41) is 3.03. The van der Waals surface area contributed by atoms with E-state index in [4.69, 9.17) is 0 Å². The molecule has 0 saturated heterocycles. The fourth-order valence-corrected chi connectivity index (χ4v) is 11.7. The second-order valence-corrected chi connectivity index (χ2v) is 23.6. The van der Waals surface area contributed by atoms with Crippen molar-refractivity contribution in [2.24, 2.45) is 0 Å². The van der Waals surface area contributed by atoms with Gasteiger partial charge in [-0.15, -0.1) is 0 Å². The van der Waals surface area contributed by atoms with Crippen molar-refractivity contribution < 1.29 is 0 Å². The molecule has 6 aromatic carbocycles. The van der Waals surface area contributed by atoms with E-state index >= 15 is 0 Å². The van der Waals surface area contributed by atoms with Crippen LogP contribution in [0.4, 0.5) is 0 Å². The zero-order valence-corrected chi connectivity index (χ0v) is 34.0. The van der Waals surface area contributed by atoms with Gasteiger partial charge in [0.15, 0.2) is 0 Å². The van der Waals surface area contributed by atoms with Gasteiger partial charge in [-0.05, 0) is 0 Å². The van der Waals surface area contributed by atoms with Crippen molar-refractivity contribution in [3.63, 3.8) is 0 Å². The van der Waals surface area contributed by atoms with Crippen molar-refractivity contribution in [2.75, 3.05) is 0 Å². The van der Waals surface area contributed by atoms with Gasteiger partial charge >= 0.3 is 178 Å². The standard InChI is InChI=1S/2C8H11Si.4C6H5.2Sn/c2*1-9(2)8-6-4-3-5-7-8;4*1-2-4-6-5-3-1;;/h2*3-7H,1-2H3;4*1-5H;;. The predicted molar refractivity (Wildman–Crippen MR) is 203 cm³/mol. The molecule has 0 nitrogen and oxygen atoms in total. The summed E-state index contributed by atoms with van der Waals surface area (Å²) in [6, 6.07) is 64.5. The molecule has 0 N–H and O–H groups in total.